The van der Waals surface area contributed by atoms with E-state index in [0.717, 1.165) is 36.9 Å². The fourth-order valence-corrected chi connectivity index (χ4v) is 3.39. The van der Waals surface area contributed by atoms with Crippen molar-refractivity contribution in [2.75, 3.05) is 0 Å². The number of aromatic nitrogens is 1. The summed E-state index contributed by atoms with van der Waals surface area (Å²) in [6.45, 7) is 3.34. The lowest BCUT2D eigenvalue weighted by Gasteiger charge is -2.24. The van der Waals surface area contributed by atoms with Crippen molar-refractivity contribution in [2.45, 2.75) is 51.2 Å². The molecule has 3 nitrogen and oxygen atoms in total. The number of nitrogens with zero attached hydrogens (tertiary/aromatic N) is 1. The zero-order valence-corrected chi connectivity index (χ0v) is 13.2. The van der Waals surface area contributed by atoms with Gasteiger partial charge in [0.25, 0.3) is 5.56 Å². The van der Waals surface area contributed by atoms with Gasteiger partial charge in [0.05, 0.1) is 11.3 Å². The van der Waals surface area contributed by atoms with E-state index in [4.69, 9.17) is 0 Å². The van der Waals surface area contributed by atoms with Gasteiger partial charge in [0, 0.05) is 11.6 Å². The maximum absolute atomic E-state index is 13.0. The molecule has 1 N–H and O–H groups in total. The van der Waals surface area contributed by atoms with Gasteiger partial charge in [-0.05, 0) is 44.4 Å². The van der Waals surface area contributed by atoms with Crippen molar-refractivity contribution < 1.29 is 5.11 Å². The predicted octanol–water partition coefficient (Wildman–Crippen LogP) is 3.86. The maximum atomic E-state index is 13.0. The Labute approximate surface area is 131 Å². The van der Waals surface area contributed by atoms with Crippen molar-refractivity contribution in [3.05, 3.63) is 58.4 Å². The summed E-state index contributed by atoms with van der Waals surface area (Å²) in [5.41, 5.74) is 1.30. The van der Waals surface area contributed by atoms with E-state index in [-0.39, 0.29) is 11.6 Å². The average molecular weight is 297 g/mol. The van der Waals surface area contributed by atoms with Gasteiger partial charge in [-0.25, -0.2) is 0 Å². The minimum atomic E-state index is -1.12. The summed E-state index contributed by atoms with van der Waals surface area (Å²) in [4.78, 5) is 13.0. The molecule has 1 aromatic carbocycles. The molecule has 1 aliphatic carbocycles. The molecule has 1 heterocycles. The first kappa shape index (κ1) is 15.0. The second-order valence-corrected chi connectivity index (χ2v) is 6.67. The van der Waals surface area contributed by atoms with Crippen molar-refractivity contribution in [2.24, 2.45) is 0 Å². The molecule has 22 heavy (non-hydrogen) atoms. The molecule has 1 aromatic heterocycles. The molecule has 1 aliphatic rings. The van der Waals surface area contributed by atoms with Crippen molar-refractivity contribution in [1.82, 2.24) is 4.57 Å². The third-order valence-corrected chi connectivity index (χ3v) is 4.54. The molecule has 0 radical (unpaired) electrons. The minimum Gasteiger partial charge on any atom is -0.386 e. The van der Waals surface area contributed by atoms with Crippen LogP contribution < -0.4 is 5.56 Å². The van der Waals surface area contributed by atoms with E-state index in [1.165, 1.54) is 0 Å². The molecule has 0 saturated heterocycles. The lowest BCUT2D eigenvalue weighted by molar-refractivity contribution is 0.0763. The molecule has 0 atom stereocenters. The van der Waals surface area contributed by atoms with Crippen molar-refractivity contribution in [3.63, 3.8) is 0 Å². The van der Waals surface area contributed by atoms with E-state index < -0.39 is 5.60 Å². The summed E-state index contributed by atoms with van der Waals surface area (Å²) < 4.78 is 1.91. The number of rotatable bonds is 3. The molecule has 0 aliphatic heterocycles. The Kier molecular flexibility index (Phi) is 3.92. The van der Waals surface area contributed by atoms with Crippen molar-refractivity contribution in [3.8, 4) is 11.3 Å². The van der Waals surface area contributed by atoms with Crippen LogP contribution in [-0.4, -0.2) is 9.67 Å². The van der Waals surface area contributed by atoms with Gasteiger partial charge in [0.15, 0.2) is 0 Å². The topological polar surface area (TPSA) is 42.2 Å². The van der Waals surface area contributed by atoms with Crippen LogP contribution in [0.4, 0.5) is 0 Å². The van der Waals surface area contributed by atoms with Crippen LogP contribution >= 0.6 is 0 Å². The number of hydrogen-bond donors (Lipinski definition) is 1. The van der Waals surface area contributed by atoms with Crippen LogP contribution in [-0.2, 0) is 5.60 Å². The standard InChI is InChI=1S/C19H23NO2/c1-19(2,22)16-12-13-17(14-8-4-3-5-9-14)20(18(16)21)15-10-6-7-11-15/h3-5,8-9,12-13,15,22H,6-7,10-11H2,1-2H3. The lowest BCUT2D eigenvalue weighted by atomic mass is 9.98. The van der Waals surface area contributed by atoms with E-state index in [0.29, 0.717) is 5.56 Å². The maximum Gasteiger partial charge on any atom is 0.257 e. The Bertz CT molecular complexity index is 704. The molecular weight excluding hydrogens is 274 g/mol. The van der Waals surface area contributed by atoms with Crippen LogP contribution in [0.3, 0.4) is 0 Å². The molecule has 1 saturated carbocycles. The van der Waals surface area contributed by atoms with E-state index in [9.17, 15) is 9.90 Å². The second-order valence-electron chi connectivity index (χ2n) is 6.67. The zero-order valence-electron chi connectivity index (χ0n) is 13.2. The average Bonchev–Trinajstić information content (AvgIpc) is 3.00. The molecule has 3 heteroatoms. The summed E-state index contributed by atoms with van der Waals surface area (Å²) >= 11 is 0. The third-order valence-electron chi connectivity index (χ3n) is 4.54. The van der Waals surface area contributed by atoms with Gasteiger partial charge in [-0.15, -0.1) is 0 Å². The van der Waals surface area contributed by atoms with Crippen LogP contribution in [0.1, 0.15) is 51.1 Å². The quantitative estimate of drug-likeness (QED) is 0.934. The molecule has 0 spiro atoms. The Morgan fingerprint density at radius 1 is 1.05 bits per heavy atom. The Morgan fingerprint density at radius 3 is 2.27 bits per heavy atom. The zero-order chi connectivity index (χ0) is 15.7. The Morgan fingerprint density at radius 2 is 1.68 bits per heavy atom. The van der Waals surface area contributed by atoms with Gasteiger partial charge in [0.1, 0.15) is 0 Å². The number of aliphatic hydroxyl groups is 1. The normalized spacial score (nSPS) is 16.1. The first-order valence-corrected chi connectivity index (χ1v) is 8.02. The summed E-state index contributed by atoms with van der Waals surface area (Å²) in [7, 11) is 0. The van der Waals surface area contributed by atoms with E-state index >= 15 is 0 Å². The molecule has 0 unspecified atom stereocenters. The monoisotopic (exact) mass is 297 g/mol. The molecule has 116 valence electrons. The molecule has 0 bridgehead atoms. The van der Waals surface area contributed by atoms with Crippen molar-refractivity contribution >= 4 is 0 Å². The van der Waals surface area contributed by atoms with Gasteiger partial charge >= 0.3 is 0 Å². The summed E-state index contributed by atoms with van der Waals surface area (Å²) in [5.74, 6) is 0. The van der Waals surface area contributed by atoms with Gasteiger partial charge in [-0.1, -0.05) is 43.2 Å². The van der Waals surface area contributed by atoms with Crippen LogP contribution in [0.15, 0.2) is 47.3 Å². The smallest absolute Gasteiger partial charge is 0.257 e. The highest BCUT2D eigenvalue weighted by molar-refractivity contribution is 5.60. The highest BCUT2D eigenvalue weighted by atomic mass is 16.3. The van der Waals surface area contributed by atoms with Gasteiger partial charge in [-0.3, -0.25) is 4.79 Å². The molecule has 1 fully saturated rings. The predicted molar refractivity (Wildman–Crippen MR) is 88.9 cm³/mol. The highest BCUT2D eigenvalue weighted by Gasteiger charge is 2.26. The first-order valence-electron chi connectivity index (χ1n) is 8.02. The summed E-state index contributed by atoms with van der Waals surface area (Å²) in [6, 6.07) is 14.0. The number of benzene rings is 1. The highest BCUT2D eigenvalue weighted by Crippen LogP contribution is 2.33. The van der Waals surface area contributed by atoms with E-state index in [1.807, 2.05) is 41.0 Å². The number of pyridine rings is 1. The van der Waals surface area contributed by atoms with Crippen molar-refractivity contribution in [1.29, 1.82) is 0 Å². The SMILES string of the molecule is CC(C)(O)c1ccc(-c2ccccc2)n(C2CCCC2)c1=O. The van der Waals surface area contributed by atoms with Gasteiger partial charge < -0.3 is 9.67 Å². The molecular formula is C19H23NO2. The van der Waals surface area contributed by atoms with E-state index in [2.05, 4.69) is 0 Å². The molecule has 2 aromatic rings. The summed E-state index contributed by atoms with van der Waals surface area (Å²) in [5, 5.41) is 10.3. The number of hydrogen-bond acceptors (Lipinski definition) is 2. The van der Waals surface area contributed by atoms with Crippen LogP contribution in [0.2, 0.25) is 0 Å². The van der Waals surface area contributed by atoms with Crippen LogP contribution in [0.25, 0.3) is 11.3 Å². The van der Waals surface area contributed by atoms with E-state index in [1.54, 1.807) is 19.9 Å². The fraction of sp³-hybridized carbons (Fsp3) is 0.421. The van der Waals surface area contributed by atoms with Gasteiger partial charge in [-0.2, -0.15) is 0 Å². The Hall–Kier alpha value is -1.87. The van der Waals surface area contributed by atoms with Gasteiger partial charge in [0.2, 0.25) is 0 Å². The Balaban J connectivity index is 2.22. The summed E-state index contributed by atoms with van der Waals surface area (Å²) in [6.07, 6.45) is 4.40. The minimum absolute atomic E-state index is 0.0549. The first-order chi connectivity index (χ1) is 10.5. The fourth-order valence-electron chi connectivity index (χ4n) is 3.39. The van der Waals surface area contributed by atoms with Crippen LogP contribution in [0.5, 0.6) is 0 Å². The third kappa shape index (κ3) is 2.73. The lowest BCUT2D eigenvalue weighted by Crippen LogP contribution is -2.34. The van der Waals surface area contributed by atoms with Crippen LogP contribution in [0, 0.1) is 0 Å². The second kappa shape index (κ2) is 5.73. The molecule has 3 rings (SSSR count). The largest absolute Gasteiger partial charge is 0.386 e. The molecule has 0 amide bonds.